The maximum absolute atomic E-state index is 5.54. The lowest BCUT2D eigenvalue weighted by molar-refractivity contribution is 0.351. The number of piperazine rings is 1. The van der Waals surface area contributed by atoms with E-state index in [0.29, 0.717) is 6.54 Å². The molecule has 2 aromatic rings. The van der Waals surface area contributed by atoms with E-state index in [-0.39, 0.29) is 24.0 Å². The standard InChI is InChI=1S/C23H32N4O3.HI/c1-5-24-23(25-17-18-7-6-8-21(29-3)22(18)30-4)27-15-13-26(14-16-27)19-9-11-20(28-2)12-10-19;/h6-12H,5,13-17H2,1-4H3,(H,24,25);1H. The Kier molecular flexibility index (Phi) is 10.0. The van der Waals surface area contributed by atoms with Crippen LogP contribution in [0.4, 0.5) is 5.69 Å². The molecule has 1 aliphatic rings. The third-order valence-electron chi connectivity index (χ3n) is 5.24. The van der Waals surface area contributed by atoms with Crippen LogP contribution in [0.5, 0.6) is 17.2 Å². The number of ether oxygens (including phenoxy) is 3. The number of rotatable bonds is 7. The number of methoxy groups -OCH3 is 3. The molecule has 3 rings (SSSR count). The van der Waals surface area contributed by atoms with Crippen molar-refractivity contribution in [3.63, 3.8) is 0 Å². The van der Waals surface area contributed by atoms with E-state index in [4.69, 9.17) is 19.2 Å². The van der Waals surface area contributed by atoms with Crippen molar-refractivity contribution in [3.05, 3.63) is 48.0 Å². The molecule has 0 bridgehead atoms. The van der Waals surface area contributed by atoms with Crippen LogP contribution in [0.1, 0.15) is 12.5 Å². The van der Waals surface area contributed by atoms with Gasteiger partial charge in [0.2, 0.25) is 0 Å². The summed E-state index contributed by atoms with van der Waals surface area (Å²) in [6.45, 7) is 7.15. The first-order chi connectivity index (χ1) is 14.7. The van der Waals surface area contributed by atoms with Crippen molar-refractivity contribution in [2.24, 2.45) is 4.99 Å². The van der Waals surface area contributed by atoms with Crippen LogP contribution in [0.25, 0.3) is 0 Å². The van der Waals surface area contributed by atoms with Gasteiger partial charge in [-0.25, -0.2) is 4.99 Å². The van der Waals surface area contributed by atoms with Gasteiger partial charge in [0.25, 0.3) is 0 Å². The lowest BCUT2D eigenvalue weighted by atomic mass is 10.2. The van der Waals surface area contributed by atoms with Crippen LogP contribution < -0.4 is 24.4 Å². The number of anilines is 1. The number of hydrogen-bond acceptors (Lipinski definition) is 5. The van der Waals surface area contributed by atoms with Gasteiger partial charge in [0.1, 0.15) is 5.75 Å². The Morgan fingerprint density at radius 3 is 2.23 bits per heavy atom. The minimum Gasteiger partial charge on any atom is -0.497 e. The predicted molar refractivity (Wildman–Crippen MR) is 137 cm³/mol. The molecule has 8 heteroatoms. The molecule has 1 N–H and O–H groups in total. The highest BCUT2D eigenvalue weighted by atomic mass is 127. The van der Waals surface area contributed by atoms with Gasteiger partial charge in [-0.05, 0) is 37.3 Å². The Morgan fingerprint density at radius 1 is 0.935 bits per heavy atom. The van der Waals surface area contributed by atoms with Gasteiger partial charge in [-0.1, -0.05) is 12.1 Å². The quantitative estimate of drug-likeness (QED) is 0.329. The Labute approximate surface area is 202 Å². The lowest BCUT2D eigenvalue weighted by Gasteiger charge is -2.37. The molecule has 0 atom stereocenters. The summed E-state index contributed by atoms with van der Waals surface area (Å²) in [6, 6.07) is 14.1. The normalized spacial score (nSPS) is 14.0. The molecular formula is C23H33IN4O3. The van der Waals surface area contributed by atoms with Gasteiger partial charge in [-0.15, -0.1) is 24.0 Å². The summed E-state index contributed by atoms with van der Waals surface area (Å²) in [5.74, 6) is 3.27. The molecular weight excluding hydrogens is 507 g/mol. The van der Waals surface area contributed by atoms with Crippen molar-refractivity contribution >= 4 is 35.6 Å². The molecule has 1 fully saturated rings. The van der Waals surface area contributed by atoms with Crippen molar-refractivity contribution < 1.29 is 14.2 Å². The maximum Gasteiger partial charge on any atom is 0.194 e. The van der Waals surface area contributed by atoms with Gasteiger partial charge >= 0.3 is 0 Å². The molecule has 31 heavy (non-hydrogen) atoms. The average Bonchev–Trinajstić information content (AvgIpc) is 2.81. The van der Waals surface area contributed by atoms with Gasteiger partial charge in [0, 0.05) is 44.0 Å². The van der Waals surface area contributed by atoms with Crippen LogP contribution in [0.3, 0.4) is 0 Å². The zero-order valence-corrected chi connectivity index (χ0v) is 21.1. The number of guanidine groups is 1. The van der Waals surface area contributed by atoms with E-state index in [9.17, 15) is 0 Å². The first-order valence-electron chi connectivity index (χ1n) is 10.3. The summed E-state index contributed by atoms with van der Waals surface area (Å²) < 4.78 is 16.2. The minimum atomic E-state index is 0. The van der Waals surface area contributed by atoms with Crippen LogP contribution in [0, 0.1) is 0 Å². The molecule has 0 radical (unpaired) electrons. The Hall–Kier alpha value is -2.36. The summed E-state index contributed by atoms with van der Waals surface area (Å²) in [4.78, 5) is 9.58. The van der Waals surface area contributed by atoms with E-state index >= 15 is 0 Å². The van der Waals surface area contributed by atoms with Crippen molar-refractivity contribution in [1.82, 2.24) is 10.2 Å². The van der Waals surface area contributed by atoms with E-state index in [1.807, 2.05) is 30.3 Å². The van der Waals surface area contributed by atoms with Crippen LogP contribution in [-0.2, 0) is 6.54 Å². The lowest BCUT2D eigenvalue weighted by Crippen LogP contribution is -2.52. The van der Waals surface area contributed by atoms with Crippen LogP contribution >= 0.6 is 24.0 Å². The first kappa shape index (κ1) is 24.9. The third-order valence-corrected chi connectivity index (χ3v) is 5.24. The summed E-state index contributed by atoms with van der Waals surface area (Å²) in [7, 11) is 5.00. The third kappa shape index (κ3) is 6.32. The molecule has 0 aliphatic carbocycles. The first-order valence-corrected chi connectivity index (χ1v) is 10.3. The molecule has 7 nitrogen and oxygen atoms in total. The predicted octanol–water partition coefficient (Wildman–Crippen LogP) is 3.62. The minimum absolute atomic E-state index is 0. The fourth-order valence-electron chi connectivity index (χ4n) is 3.63. The highest BCUT2D eigenvalue weighted by molar-refractivity contribution is 14.0. The fourth-order valence-corrected chi connectivity index (χ4v) is 3.63. The molecule has 1 aliphatic heterocycles. The summed E-state index contributed by atoms with van der Waals surface area (Å²) in [6.07, 6.45) is 0. The van der Waals surface area contributed by atoms with Gasteiger partial charge in [0.15, 0.2) is 17.5 Å². The highest BCUT2D eigenvalue weighted by Gasteiger charge is 2.20. The average molecular weight is 540 g/mol. The SMILES string of the molecule is CCNC(=NCc1cccc(OC)c1OC)N1CCN(c2ccc(OC)cc2)CC1.I. The monoisotopic (exact) mass is 540 g/mol. The number of nitrogens with one attached hydrogen (secondary N) is 1. The molecule has 0 amide bonds. The van der Waals surface area contributed by atoms with Gasteiger partial charge in [-0.2, -0.15) is 0 Å². The molecule has 0 aromatic heterocycles. The second kappa shape index (κ2) is 12.5. The van der Waals surface area contributed by atoms with Crippen LogP contribution in [-0.4, -0.2) is 64.9 Å². The van der Waals surface area contributed by atoms with Gasteiger partial charge in [0.05, 0.1) is 27.9 Å². The number of aliphatic imine (C=N–C) groups is 1. The van der Waals surface area contributed by atoms with E-state index in [1.165, 1.54) is 5.69 Å². The Balaban J connectivity index is 0.00000341. The number of nitrogens with zero attached hydrogens (tertiary/aromatic N) is 3. The van der Waals surface area contributed by atoms with Gasteiger partial charge < -0.3 is 29.3 Å². The largest absolute Gasteiger partial charge is 0.497 e. The molecule has 170 valence electrons. The highest BCUT2D eigenvalue weighted by Crippen LogP contribution is 2.31. The van der Waals surface area contributed by atoms with E-state index in [2.05, 4.69) is 34.2 Å². The molecule has 0 unspecified atom stereocenters. The number of para-hydroxylation sites is 1. The second-order valence-corrected chi connectivity index (χ2v) is 6.99. The smallest absolute Gasteiger partial charge is 0.194 e. The molecule has 0 saturated carbocycles. The maximum atomic E-state index is 5.54. The van der Waals surface area contributed by atoms with Crippen molar-refractivity contribution in [2.75, 3.05) is 59.0 Å². The summed E-state index contributed by atoms with van der Waals surface area (Å²) in [5.41, 5.74) is 2.22. The Bertz CT molecular complexity index is 837. The molecule has 1 heterocycles. The molecule has 1 saturated heterocycles. The Morgan fingerprint density at radius 2 is 1.65 bits per heavy atom. The topological polar surface area (TPSA) is 58.6 Å². The number of hydrogen-bond donors (Lipinski definition) is 1. The zero-order chi connectivity index (χ0) is 21.3. The van der Waals surface area contributed by atoms with Crippen LogP contribution in [0.2, 0.25) is 0 Å². The van der Waals surface area contributed by atoms with E-state index in [1.54, 1.807) is 21.3 Å². The van der Waals surface area contributed by atoms with E-state index < -0.39 is 0 Å². The summed E-state index contributed by atoms with van der Waals surface area (Å²) >= 11 is 0. The van der Waals surface area contributed by atoms with E-state index in [0.717, 1.165) is 61.5 Å². The number of halogens is 1. The molecule has 0 spiro atoms. The van der Waals surface area contributed by atoms with Gasteiger partial charge in [-0.3, -0.25) is 0 Å². The fraction of sp³-hybridized carbons (Fsp3) is 0.435. The van der Waals surface area contributed by atoms with Crippen LogP contribution in [0.15, 0.2) is 47.5 Å². The van der Waals surface area contributed by atoms with Crippen molar-refractivity contribution in [3.8, 4) is 17.2 Å². The zero-order valence-electron chi connectivity index (χ0n) is 18.8. The van der Waals surface area contributed by atoms with Crippen molar-refractivity contribution in [2.45, 2.75) is 13.5 Å². The van der Waals surface area contributed by atoms with Crippen molar-refractivity contribution in [1.29, 1.82) is 0 Å². The summed E-state index contributed by atoms with van der Waals surface area (Å²) in [5, 5.41) is 3.43. The molecule has 2 aromatic carbocycles. The second-order valence-electron chi connectivity index (χ2n) is 6.99. The number of benzene rings is 2.